The molecule has 11 heavy (non-hydrogen) atoms. The van der Waals surface area contributed by atoms with Crippen molar-refractivity contribution in [1.29, 1.82) is 0 Å². The summed E-state index contributed by atoms with van der Waals surface area (Å²) in [5.74, 6) is 0.768. The Hall–Kier alpha value is -0.570. The van der Waals surface area contributed by atoms with Gasteiger partial charge >= 0.3 is 0 Å². The monoisotopic (exact) mass is 217 g/mol. The first kappa shape index (κ1) is 10.4. The molecule has 0 heterocycles. The first-order valence-corrected chi connectivity index (χ1v) is 4.46. The molecule has 0 fully saturated rings. The lowest BCUT2D eigenvalue weighted by Crippen LogP contribution is -1.96. The van der Waals surface area contributed by atoms with Crippen LogP contribution in [0.15, 0.2) is 29.6 Å². The van der Waals surface area contributed by atoms with Crippen LogP contribution in [0.1, 0.15) is 6.92 Å². The molecule has 0 atom stereocenters. The lowest BCUT2D eigenvalue weighted by atomic mass is 10.5. The van der Waals surface area contributed by atoms with Crippen molar-refractivity contribution in [3.8, 4) is 0 Å². The van der Waals surface area contributed by atoms with Crippen molar-refractivity contribution in [2.24, 2.45) is 4.99 Å². The van der Waals surface area contributed by atoms with Gasteiger partial charge in [-0.25, -0.2) is 0 Å². The lowest BCUT2D eigenvalue weighted by Gasteiger charge is -2.01. The van der Waals surface area contributed by atoms with Crippen LogP contribution >= 0.6 is 15.9 Å². The van der Waals surface area contributed by atoms with Gasteiger partial charge in [-0.1, -0.05) is 22.5 Å². The fourth-order valence-electron chi connectivity index (χ4n) is 0.478. The normalized spacial score (nSPS) is 12.0. The van der Waals surface area contributed by atoms with Crippen molar-refractivity contribution < 1.29 is 4.74 Å². The van der Waals surface area contributed by atoms with Crippen LogP contribution in [0.3, 0.4) is 0 Å². The van der Waals surface area contributed by atoms with Crippen LogP contribution in [0.5, 0.6) is 0 Å². The second-order valence-electron chi connectivity index (χ2n) is 1.69. The van der Waals surface area contributed by atoms with Gasteiger partial charge in [0.2, 0.25) is 0 Å². The summed E-state index contributed by atoms with van der Waals surface area (Å²) >= 11 is 3.26. The summed E-state index contributed by atoms with van der Waals surface area (Å²) in [4.78, 5) is 3.83. The van der Waals surface area contributed by atoms with Gasteiger partial charge < -0.3 is 4.74 Å². The third kappa shape index (κ3) is 5.85. The molecule has 62 valence electrons. The topological polar surface area (TPSA) is 21.6 Å². The van der Waals surface area contributed by atoms with E-state index in [9.17, 15) is 0 Å². The Morgan fingerprint density at radius 1 is 1.73 bits per heavy atom. The van der Waals surface area contributed by atoms with Gasteiger partial charge in [0.1, 0.15) is 5.76 Å². The molecule has 0 rings (SSSR count). The van der Waals surface area contributed by atoms with Crippen molar-refractivity contribution in [1.82, 2.24) is 0 Å². The number of allylic oxidation sites excluding steroid dienone is 2. The number of halogens is 1. The Labute approximate surface area is 75.8 Å². The SMILES string of the molecule is C=C/N=C\C(=C/C)OCCBr. The van der Waals surface area contributed by atoms with E-state index in [1.807, 2.05) is 13.0 Å². The highest BCUT2D eigenvalue weighted by Crippen LogP contribution is 1.94. The number of ether oxygens (including phenoxy) is 1. The molecule has 0 aromatic heterocycles. The number of aliphatic imine (C=N–C) groups is 1. The minimum atomic E-state index is 0.656. The summed E-state index contributed by atoms with van der Waals surface area (Å²) in [6, 6.07) is 0. The Bertz CT molecular complexity index is 163. The van der Waals surface area contributed by atoms with Crippen molar-refractivity contribution in [2.45, 2.75) is 6.92 Å². The summed E-state index contributed by atoms with van der Waals surface area (Å²) in [6.07, 6.45) is 4.96. The summed E-state index contributed by atoms with van der Waals surface area (Å²) in [6.45, 7) is 6.01. The lowest BCUT2D eigenvalue weighted by molar-refractivity contribution is 0.255. The molecule has 0 amide bonds. The van der Waals surface area contributed by atoms with Crippen LogP contribution in [0.4, 0.5) is 0 Å². The Morgan fingerprint density at radius 2 is 2.45 bits per heavy atom. The molecule has 0 radical (unpaired) electrons. The van der Waals surface area contributed by atoms with E-state index in [1.54, 1.807) is 6.21 Å². The van der Waals surface area contributed by atoms with Gasteiger partial charge in [-0.2, -0.15) is 0 Å². The predicted molar refractivity (Wildman–Crippen MR) is 52.2 cm³/mol. The van der Waals surface area contributed by atoms with Gasteiger partial charge in [-0.15, -0.1) is 0 Å². The maximum atomic E-state index is 5.26. The van der Waals surface area contributed by atoms with Crippen molar-refractivity contribution >= 4 is 22.1 Å². The maximum absolute atomic E-state index is 5.26. The second-order valence-corrected chi connectivity index (χ2v) is 2.48. The number of hydrogen-bond acceptors (Lipinski definition) is 2. The first-order chi connectivity index (χ1) is 5.35. The van der Waals surface area contributed by atoms with E-state index in [2.05, 4.69) is 27.5 Å². The fraction of sp³-hybridized carbons (Fsp3) is 0.375. The molecule has 0 aromatic carbocycles. The summed E-state index contributed by atoms with van der Waals surface area (Å²) in [7, 11) is 0. The van der Waals surface area contributed by atoms with Crippen LogP contribution in [-0.4, -0.2) is 18.2 Å². The van der Waals surface area contributed by atoms with E-state index >= 15 is 0 Å². The zero-order chi connectivity index (χ0) is 8.53. The third-order valence-corrected chi connectivity index (χ3v) is 1.26. The molecule has 0 saturated heterocycles. The van der Waals surface area contributed by atoms with Crippen LogP contribution in [-0.2, 0) is 4.74 Å². The number of hydrogen-bond donors (Lipinski definition) is 0. The van der Waals surface area contributed by atoms with E-state index in [1.165, 1.54) is 6.20 Å². The van der Waals surface area contributed by atoms with E-state index in [4.69, 9.17) is 4.74 Å². The van der Waals surface area contributed by atoms with Gasteiger partial charge in [0, 0.05) is 11.5 Å². The van der Waals surface area contributed by atoms with Crippen LogP contribution in [0, 0.1) is 0 Å². The van der Waals surface area contributed by atoms with E-state index in [0.29, 0.717) is 6.61 Å². The van der Waals surface area contributed by atoms with Gasteiger partial charge in [0.05, 0.1) is 12.8 Å². The highest BCUT2D eigenvalue weighted by atomic mass is 79.9. The van der Waals surface area contributed by atoms with Gasteiger partial charge in [-0.05, 0) is 13.0 Å². The highest BCUT2D eigenvalue weighted by Gasteiger charge is 1.88. The predicted octanol–water partition coefficient (Wildman–Crippen LogP) is 2.52. The quantitative estimate of drug-likeness (QED) is 0.394. The average molecular weight is 218 g/mol. The van der Waals surface area contributed by atoms with E-state index < -0.39 is 0 Å². The van der Waals surface area contributed by atoms with Crippen molar-refractivity contribution in [2.75, 3.05) is 11.9 Å². The smallest absolute Gasteiger partial charge is 0.133 e. The Kier molecular flexibility index (Phi) is 7.15. The zero-order valence-electron chi connectivity index (χ0n) is 6.59. The third-order valence-electron chi connectivity index (χ3n) is 0.938. The molecule has 3 heteroatoms. The molecule has 0 aromatic rings. The van der Waals surface area contributed by atoms with Gasteiger partial charge in [0.15, 0.2) is 0 Å². The molecule has 0 saturated carbocycles. The van der Waals surface area contributed by atoms with Crippen LogP contribution < -0.4 is 0 Å². The number of alkyl halides is 1. The van der Waals surface area contributed by atoms with E-state index in [0.717, 1.165) is 11.1 Å². The molecule has 0 aliphatic carbocycles. The molecule has 0 unspecified atom stereocenters. The Morgan fingerprint density at radius 3 is 2.91 bits per heavy atom. The molecule has 0 bridgehead atoms. The fourth-order valence-corrected chi connectivity index (χ4v) is 0.640. The number of nitrogens with zero attached hydrogens (tertiary/aromatic N) is 1. The molecule has 2 nitrogen and oxygen atoms in total. The van der Waals surface area contributed by atoms with Crippen molar-refractivity contribution in [3.05, 3.63) is 24.6 Å². The first-order valence-electron chi connectivity index (χ1n) is 3.34. The number of rotatable bonds is 5. The van der Waals surface area contributed by atoms with Crippen LogP contribution in [0.2, 0.25) is 0 Å². The second kappa shape index (κ2) is 7.54. The zero-order valence-corrected chi connectivity index (χ0v) is 8.17. The summed E-state index contributed by atoms with van der Waals surface area (Å²) in [5.41, 5.74) is 0. The van der Waals surface area contributed by atoms with Crippen LogP contribution in [0.25, 0.3) is 0 Å². The molecule has 0 spiro atoms. The molecular formula is C8H12BrNO. The van der Waals surface area contributed by atoms with Crippen molar-refractivity contribution in [3.63, 3.8) is 0 Å². The highest BCUT2D eigenvalue weighted by molar-refractivity contribution is 9.09. The average Bonchev–Trinajstić information content (AvgIpc) is 2.05. The molecule has 0 aliphatic rings. The van der Waals surface area contributed by atoms with Gasteiger partial charge in [0.25, 0.3) is 0 Å². The largest absolute Gasteiger partial charge is 0.491 e. The summed E-state index contributed by atoms with van der Waals surface area (Å²) < 4.78 is 5.26. The molecular weight excluding hydrogens is 206 g/mol. The summed E-state index contributed by atoms with van der Waals surface area (Å²) in [5, 5.41) is 0.826. The van der Waals surface area contributed by atoms with E-state index in [-0.39, 0.29) is 0 Å². The standard InChI is InChI=1S/C8H12BrNO/c1-3-8(7-10-4-2)11-6-5-9/h3-4,7H,2,5-6H2,1H3/b8-3+,10-7-. The minimum absolute atomic E-state index is 0.656. The molecule has 0 aliphatic heterocycles. The molecule has 0 N–H and O–H groups in total. The minimum Gasteiger partial charge on any atom is -0.491 e. The maximum Gasteiger partial charge on any atom is 0.133 e. The Balaban J connectivity index is 3.77. The van der Waals surface area contributed by atoms with Gasteiger partial charge in [-0.3, -0.25) is 4.99 Å².